The molecule has 2 aromatic carbocycles. The SMILES string of the molecule is Cc1ccc(S(=O)(=O)C2CS(=O)(=O)CC2N2CCN(c3ccccc3)CC2)cc1. The lowest BCUT2D eigenvalue weighted by molar-refractivity contribution is 0.201. The summed E-state index contributed by atoms with van der Waals surface area (Å²) < 4.78 is 51.4. The molecule has 4 rings (SSSR count). The first-order chi connectivity index (χ1) is 13.8. The number of para-hydroxylation sites is 1. The van der Waals surface area contributed by atoms with Crippen LogP contribution in [0.25, 0.3) is 0 Å². The normalized spacial score (nSPS) is 25.2. The number of hydrogen-bond donors (Lipinski definition) is 0. The molecule has 2 heterocycles. The number of rotatable bonds is 4. The van der Waals surface area contributed by atoms with Crippen LogP contribution >= 0.6 is 0 Å². The van der Waals surface area contributed by atoms with Crippen LogP contribution < -0.4 is 4.90 Å². The molecule has 0 bridgehead atoms. The predicted molar refractivity (Wildman–Crippen MR) is 115 cm³/mol. The molecular weight excluding hydrogens is 408 g/mol. The van der Waals surface area contributed by atoms with Crippen molar-refractivity contribution in [1.82, 2.24) is 4.90 Å². The molecule has 0 saturated carbocycles. The zero-order valence-electron chi connectivity index (χ0n) is 16.4. The Hall–Kier alpha value is -1.90. The van der Waals surface area contributed by atoms with Gasteiger partial charge in [0.25, 0.3) is 0 Å². The maximum atomic E-state index is 13.3. The Labute approximate surface area is 173 Å². The van der Waals surface area contributed by atoms with E-state index in [-0.39, 0.29) is 16.4 Å². The van der Waals surface area contributed by atoms with Crippen LogP contribution in [-0.4, -0.2) is 70.7 Å². The largest absolute Gasteiger partial charge is 0.369 e. The zero-order valence-corrected chi connectivity index (χ0v) is 18.1. The molecule has 0 spiro atoms. The summed E-state index contributed by atoms with van der Waals surface area (Å²) in [5.74, 6) is -0.388. The standard InChI is InChI=1S/C21H26N2O4S2/c1-17-7-9-19(10-8-17)29(26,27)21-16-28(24,25)15-20(21)23-13-11-22(12-14-23)18-5-3-2-4-6-18/h2-10,20-21H,11-16H2,1H3. The lowest BCUT2D eigenvalue weighted by Gasteiger charge is -2.40. The monoisotopic (exact) mass is 434 g/mol. The summed E-state index contributed by atoms with van der Waals surface area (Å²) in [6, 6.07) is 16.3. The van der Waals surface area contributed by atoms with Gasteiger partial charge in [-0.3, -0.25) is 4.90 Å². The Balaban J connectivity index is 1.55. The van der Waals surface area contributed by atoms with Crippen molar-refractivity contribution in [2.75, 3.05) is 42.6 Å². The first kappa shape index (κ1) is 20.4. The summed E-state index contributed by atoms with van der Waals surface area (Å²) in [4.78, 5) is 4.52. The Morgan fingerprint density at radius 2 is 1.48 bits per heavy atom. The Morgan fingerprint density at radius 1 is 0.862 bits per heavy atom. The maximum absolute atomic E-state index is 13.3. The van der Waals surface area contributed by atoms with E-state index in [1.807, 2.05) is 25.1 Å². The molecule has 6 nitrogen and oxygen atoms in total. The molecule has 2 aliphatic heterocycles. The number of sulfone groups is 2. The molecule has 8 heteroatoms. The lowest BCUT2D eigenvalue weighted by Crippen LogP contribution is -2.55. The molecule has 2 atom stereocenters. The van der Waals surface area contributed by atoms with Crippen molar-refractivity contribution in [3.63, 3.8) is 0 Å². The van der Waals surface area contributed by atoms with Crippen LogP contribution in [0.5, 0.6) is 0 Å². The Morgan fingerprint density at radius 3 is 2.10 bits per heavy atom. The topological polar surface area (TPSA) is 74.8 Å². The number of piperazine rings is 1. The fourth-order valence-electron chi connectivity index (χ4n) is 4.29. The van der Waals surface area contributed by atoms with E-state index in [1.54, 1.807) is 24.3 Å². The minimum atomic E-state index is -3.73. The van der Waals surface area contributed by atoms with E-state index in [9.17, 15) is 16.8 Å². The van der Waals surface area contributed by atoms with Crippen LogP contribution in [0, 0.1) is 6.92 Å². The molecule has 29 heavy (non-hydrogen) atoms. The molecule has 2 aromatic rings. The van der Waals surface area contributed by atoms with Gasteiger partial charge in [0.1, 0.15) is 0 Å². The third kappa shape index (κ3) is 4.20. The van der Waals surface area contributed by atoms with Crippen LogP contribution in [0.3, 0.4) is 0 Å². The highest BCUT2D eigenvalue weighted by atomic mass is 32.2. The van der Waals surface area contributed by atoms with Crippen molar-refractivity contribution in [1.29, 1.82) is 0 Å². The highest BCUT2D eigenvalue weighted by Crippen LogP contribution is 2.30. The van der Waals surface area contributed by atoms with Crippen molar-refractivity contribution in [3.05, 3.63) is 60.2 Å². The van der Waals surface area contributed by atoms with E-state index in [0.29, 0.717) is 13.1 Å². The van der Waals surface area contributed by atoms with E-state index < -0.39 is 31.0 Å². The summed E-state index contributed by atoms with van der Waals surface area (Å²) in [6.07, 6.45) is 0. The lowest BCUT2D eigenvalue weighted by atomic mass is 10.1. The third-order valence-corrected chi connectivity index (χ3v) is 10.1. The predicted octanol–water partition coefficient (Wildman–Crippen LogP) is 1.76. The molecule has 0 amide bonds. The van der Waals surface area contributed by atoms with Crippen LogP contribution in [0.2, 0.25) is 0 Å². The van der Waals surface area contributed by atoms with Gasteiger partial charge in [0.05, 0.1) is 21.7 Å². The van der Waals surface area contributed by atoms with Crippen LogP contribution in [0.15, 0.2) is 59.5 Å². The van der Waals surface area contributed by atoms with Gasteiger partial charge >= 0.3 is 0 Å². The quantitative estimate of drug-likeness (QED) is 0.730. The van der Waals surface area contributed by atoms with Gasteiger partial charge in [0.2, 0.25) is 0 Å². The third-order valence-electron chi connectivity index (χ3n) is 5.92. The average Bonchev–Trinajstić information content (AvgIpc) is 3.05. The van der Waals surface area contributed by atoms with Crippen molar-refractivity contribution in [2.45, 2.75) is 23.1 Å². The second-order valence-electron chi connectivity index (χ2n) is 7.90. The summed E-state index contributed by atoms with van der Waals surface area (Å²) in [7, 11) is -7.12. The van der Waals surface area contributed by atoms with Crippen LogP contribution in [-0.2, 0) is 19.7 Å². The Kier molecular flexibility index (Phi) is 5.44. The van der Waals surface area contributed by atoms with Crippen molar-refractivity contribution < 1.29 is 16.8 Å². The molecule has 156 valence electrons. The van der Waals surface area contributed by atoms with Gasteiger partial charge in [0, 0.05) is 37.9 Å². The van der Waals surface area contributed by atoms with E-state index in [0.717, 1.165) is 24.3 Å². The molecule has 2 saturated heterocycles. The molecule has 0 aliphatic carbocycles. The molecule has 2 fully saturated rings. The number of benzene rings is 2. The van der Waals surface area contributed by atoms with Gasteiger partial charge in [-0.2, -0.15) is 0 Å². The van der Waals surface area contributed by atoms with Gasteiger partial charge < -0.3 is 4.90 Å². The van der Waals surface area contributed by atoms with Gasteiger partial charge in [0.15, 0.2) is 19.7 Å². The van der Waals surface area contributed by atoms with Gasteiger partial charge in [-0.15, -0.1) is 0 Å². The molecule has 2 aliphatic rings. The summed E-state index contributed by atoms with van der Waals surface area (Å²) in [5.41, 5.74) is 2.10. The van der Waals surface area contributed by atoms with Crippen LogP contribution in [0.4, 0.5) is 5.69 Å². The number of aryl methyl sites for hydroxylation is 1. The molecule has 2 unspecified atom stereocenters. The van der Waals surface area contributed by atoms with E-state index in [4.69, 9.17) is 0 Å². The molecule has 0 aromatic heterocycles. The minimum absolute atomic E-state index is 0.0892. The highest BCUT2D eigenvalue weighted by molar-refractivity contribution is 7.96. The summed E-state index contributed by atoms with van der Waals surface area (Å²) >= 11 is 0. The second-order valence-corrected chi connectivity index (χ2v) is 12.2. The van der Waals surface area contributed by atoms with Gasteiger partial charge in [-0.25, -0.2) is 16.8 Å². The summed E-state index contributed by atoms with van der Waals surface area (Å²) in [5, 5.41) is -0.918. The van der Waals surface area contributed by atoms with E-state index >= 15 is 0 Å². The first-order valence-electron chi connectivity index (χ1n) is 9.81. The molecule has 0 N–H and O–H groups in total. The number of anilines is 1. The highest BCUT2D eigenvalue weighted by Gasteiger charge is 2.48. The fraction of sp³-hybridized carbons (Fsp3) is 0.429. The van der Waals surface area contributed by atoms with Gasteiger partial charge in [-0.05, 0) is 31.2 Å². The first-order valence-corrected chi connectivity index (χ1v) is 13.2. The summed E-state index contributed by atoms with van der Waals surface area (Å²) in [6.45, 7) is 4.69. The fourth-order valence-corrected chi connectivity index (χ4v) is 9.12. The van der Waals surface area contributed by atoms with Crippen molar-refractivity contribution in [2.24, 2.45) is 0 Å². The smallest absolute Gasteiger partial charge is 0.183 e. The van der Waals surface area contributed by atoms with Crippen molar-refractivity contribution >= 4 is 25.4 Å². The maximum Gasteiger partial charge on any atom is 0.183 e. The molecule has 0 radical (unpaired) electrons. The second kappa shape index (κ2) is 7.74. The van der Waals surface area contributed by atoms with E-state index in [2.05, 4.69) is 21.9 Å². The average molecular weight is 435 g/mol. The number of nitrogens with zero attached hydrogens (tertiary/aromatic N) is 2. The Bertz CT molecular complexity index is 1060. The molecular formula is C21H26N2O4S2. The zero-order chi connectivity index (χ0) is 20.6. The van der Waals surface area contributed by atoms with Crippen LogP contribution in [0.1, 0.15) is 5.56 Å². The van der Waals surface area contributed by atoms with E-state index in [1.165, 1.54) is 0 Å². The number of hydrogen-bond acceptors (Lipinski definition) is 6. The minimum Gasteiger partial charge on any atom is -0.369 e. The van der Waals surface area contributed by atoms with Gasteiger partial charge in [-0.1, -0.05) is 35.9 Å². The van der Waals surface area contributed by atoms with Crippen molar-refractivity contribution in [3.8, 4) is 0 Å².